The van der Waals surface area contributed by atoms with Gasteiger partial charge in [0.05, 0.1) is 13.2 Å². The summed E-state index contributed by atoms with van der Waals surface area (Å²) in [5.41, 5.74) is 0.596. The van der Waals surface area contributed by atoms with E-state index in [1.165, 1.54) is 6.07 Å². The van der Waals surface area contributed by atoms with E-state index in [9.17, 15) is 9.59 Å². The lowest BCUT2D eigenvalue weighted by Crippen LogP contribution is -2.32. The topological polar surface area (TPSA) is 77.8 Å². The molecule has 0 bridgehead atoms. The molecule has 1 atom stereocenters. The number of para-hydroxylation sites is 1. The molecule has 1 amide bonds. The lowest BCUT2D eigenvalue weighted by molar-refractivity contribution is 0.0824. The number of fused-ring (bicyclic) bond motifs is 1. The molecule has 2 aromatic carbocycles. The molecule has 0 aliphatic carbocycles. The Bertz CT molecular complexity index is 979. The van der Waals surface area contributed by atoms with Gasteiger partial charge in [0, 0.05) is 19.0 Å². The van der Waals surface area contributed by atoms with Gasteiger partial charge in [0.15, 0.2) is 0 Å². The number of benzene rings is 2. The standard InChI is InChI=1S/C20H19NO5/c1-24-15-8-5-7-13(10-15)18(25-2)12-21-19(22)16-11-14-6-3-4-9-17(14)26-20(16)23/h3-11,18H,12H2,1-2H3,(H,21,22). The van der Waals surface area contributed by atoms with E-state index < -0.39 is 11.5 Å². The first-order valence-electron chi connectivity index (χ1n) is 8.10. The summed E-state index contributed by atoms with van der Waals surface area (Å²) in [4.78, 5) is 24.5. The van der Waals surface area contributed by atoms with Crippen LogP contribution in [0.5, 0.6) is 5.75 Å². The van der Waals surface area contributed by atoms with Gasteiger partial charge in [-0.15, -0.1) is 0 Å². The van der Waals surface area contributed by atoms with Crippen molar-refractivity contribution in [3.05, 3.63) is 76.1 Å². The summed E-state index contributed by atoms with van der Waals surface area (Å²) in [5, 5.41) is 3.41. The second kappa shape index (κ2) is 7.84. The van der Waals surface area contributed by atoms with Gasteiger partial charge in [0.25, 0.3) is 5.91 Å². The van der Waals surface area contributed by atoms with Gasteiger partial charge in [-0.05, 0) is 29.8 Å². The molecular formula is C20H19NO5. The molecule has 1 N–H and O–H groups in total. The van der Waals surface area contributed by atoms with E-state index in [2.05, 4.69) is 5.32 Å². The predicted octanol–water partition coefficient (Wildman–Crippen LogP) is 2.92. The maximum Gasteiger partial charge on any atom is 0.349 e. The third-order valence-electron chi connectivity index (χ3n) is 4.08. The van der Waals surface area contributed by atoms with E-state index in [4.69, 9.17) is 13.9 Å². The SMILES string of the molecule is COc1cccc(C(CNC(=O)c2cc3ccccc3oc2=O)OC)c1. The predicted molar refractivity (Wildman–Crippen MR) is 97.6 cm³/mol. The minimum atomic E-state index is -0.670. The van der Waals surface area contributed by atoms with Gasteiger partial charge in [0.1, 0.15) is 16.9 Å². The summed E-state index contributed by atoms with van der Waals surface area (Å²) in [6, 6.07) is 16.0. The quantitative estimate of drug-likeness (QED) is 0.690. The van der Waals surface area contributed by atoms with Crippen LogP contribution in [0.15, 0.2) is 63.8 Å². The zero-order chi connectivity index (χ0) is 18.5. The average Bonchev–Trinajstić information content (AvgIpc) is 2.68. The minimum Gasteiger partial charge on any atom is -0.497 e. The Labute approximate surface area is 150 Å². The van der Waals surface area contributed by atoms with Crippen molar-refractivity contribution in [2.24, 2.45) is 0 Å². The van der Waals surface area contributed by atoms with Gasteiger partial charge in [-0.2, -0.15) is 0 Å². The number of carbonyl (C=O) groups is 1. The largest absolute Gasteiger partial charge is 0.497 e. The van der Waals surface area contributed by atoms with Crippen molar-refractivity contribution in [1.29, 1.82) is 0 Å². The van der Waals surface area contributed by atoms with E-state index in [1.807, 2.05) is 30.3 Å². The Hall–Kier alpha value is -3.12. The van der Waals surface area contributed by atoms with Crippen LogP contribution in [0.4, 0.5) is 0 Å². The second-order valence-electron chi connectivity index (χ2n) is 5.70. The fraction of sp³-hybridized carbons (Fsp3) is 0.200. The minimum absolute atomic E-state index is 0.0378. The number of nitrogens with one attached hydrogen (secondary N) is 1. The van der Waals surface area contributed by atoms with Gasteiger partial charge in [-0.1, -0.05) is 30.3 Å². The third kappa shape index (κ3) is 3.75. The van der Waals surface area contributed by atoms with Gasteiger partial charge in [0.2, 0.25) is 0 Å². The van der Waals surface area contributed by atoms with E-state index in [0.29, 0.717) is 16.7 Å². The van der Waals surface area contributed by atoms with Crippen molar-refractivity contribution in [3.63, 3.8) is 0 Å². The summed E-state index contributed by atoms with van der Waals surface area (Å²) < 4.78 is 15.9. The molecule has 6 nitrogen and oxygen atoms in total. The fourth-order valence-corrected chi connectivity index (χ4v) is 2.68. The lowest BCUT2D eigenvalue weighted by Gasteiger charge is -2.17. The highest BCUT2D eigenvalue weighted by atomic mass is 16.5. The van der Waals surface area contributed by atoms with Crippen molar-refractivity contribution in [2.75, 3.05) is 20.8 Å². The van der Waals surface area contributed by atoms with Crippen molar-refractivity contribution >= 4 is 16.9 Å². The van der Waals surface area contributed by atoms with Crippen LogP contribution in [0.25, 0.3) is 11.0 Å². The molecule has 6 heteroatoms. The molecule has 0 saturated carbocycles. The van der Waals surface area contributed by atoms with Crippen LogP contribution < -0.4 is 15.7 Å². The fourth-order valence-electron chi connectivity index (χ4n) is 2.68. The molecular weight excluding hydrogens is 334 g/mol. The third-order valence-corrected chi connectivity index (χ3v) is 4.08. The molecule has 0 spiro atoms. The molecule has 0 fully saturated rings. The molecule has 1 unspecified atom stereocenters. The number of amides is 1. The van der Waals surface area contributed by atoms with E-state index in [-0.39, 0.29) is 18.2 Å². The van der Waals surface area contributed by atoms with Crippen LogP contribution in [0, 0.1) is 0 Å². The summed E-state index contributed by atoms with van der Waals surface area (Å²) >= 11 is 0. The molecule has 26 heavy (non-hydrogen) atoms. The van der Waals surface area contributed by atoms with Gasteiger partial charge in [-0.25, -0.2) is 4.79 Å². The Morgan fingerprint density at radius 2 is 1.92 bits per heavy atom. The van der Waals surface area contributed by atoms with E-state index in [0.717, 1.165) is 5.56 Å². The van der Waals surface area contributed by atoms with Crippen LogP contribution in [0.3, 0.4) is 0 Å². The molecule has 0 saturated heterocycles. The lowest BCUT2D eigenvalue weighted by atomic mass is 10.1. The molecule has 1 aromatic heterocycles. The van der Waals surface area contributed by atoms with Crippen molar-refractivity contribution in [3.8, 4) is 5.75 Å². The Kier molecular flexibility index (Phi) is 5.34. The molecule has 1 heterocycles. The summed E-state index contributed by atoms with van der Waals surface area (Å²) in [6.45, 7) is 0.203. The number of methoxy groups -OCH3 is 2. The first-order chi connectivity index (χ1) is 12.6. The second-order valence-corrected chi connectivity index (χ2v) is 5.70. The summed E-state index contributed by atoms with van der Waals surface area (Å²) in [6.07, 6.45) is -0.374. The Balaban J connectivity index is 1.77. The van der Waals surface area contributed by atoms with Crippen LogP contribution in [0.1, 0.15) is 22.0 Å². The average molecular weight is 353 g/mol. The zero-order valence-corrected chi connectivity index (χ0v) is 14.5. The van der Waals surface area contributed by atoms with Gasteiger partial charge >= 0.3 is 5.63 Å². The summed E-state index contributed by atoms with van der Waals surface area (Å²) in [5.74, 6) is 0.195. The van der Waals surface area contributed by atoms with Crippen LogP contribution in [0.2, 0.25) is 0 Å². The van der Waals surface area contributed by atoms with Crippen LogP contribution in [-0.2, 0) is 4.74 Å². The van der Waals surface area contributed by atoms with Crippen LogP contribution in [-0.4, -0.2) is 26.7 Å². The first kappa shape index (κ1) is 17.7. The maximum absolute atomic E-state index is 12.4. The van der Waals surface area contributed by atoms with Crippen molar-refractivity contribution < 1.29 is 18.7 Å². The normalized spacial score (nSPS) is 11.9. The molecule has 3 rings (SSSR count). The molecule has 134 valence electrons. The molecule has 0 aliphatic heterocycles. The van der Waals surface area contributed by atoms with E-state index in [1.54, 1.807) is 32.4 Å². The highest BCUT2D eigenvalue weighted by Gasteiger charge is 2.17. The highest BCUT2D eigenvalue weighted by Crippen LogP contribution is 2.21. The monoisotopic (exact) mass is 353 g/mol. The highest BCUT2D eigenvalue weighted by molar-refractivity contribution is 5.96. The number of hydrogen-bond acceptors (Lipinski definition) is 5. The number of hydrogen-bond donors (Lipinski definition) is 1. The number of rotatable bonds is 6. The smallest absolute Gasteiger partial charge is 0.349 e. The van der Waals surface area contributed by atoms with Crippen LogP contribution >= 0.6 is 0 Å². The molecule has 0 aliphatic rings. The van der Waals surface area contributed by atoms with Gasteiger partial charge in [-0.3, -0.25) is 4.79 Å². The maximum atomic E-state index is 12.4. The molecule has 0 radical (unpaired) electrons. The first-order valence-corrected chi connectivity index (χ1v) is 8.10. The Morgan fingerprint density at radius 3 is 2.69 bits per heavy atom. The van der Waals surface area contributed by atoms with E-state index >= 15 is 0 Å². The Morgan fingerprint density at radius 1 is 1.12 bits per heavy atom. The summed E-state index contributed by atoms with van der Waals surface area (Å²) in [7, 11) is 3.14. The zero-order valence-electron chi connectivity index (χ0n) is 14.5. The number of carbonyl (C=O) groups excluding carboxylic acids is 1. The van der Waals surface area contributed by atoms with Crippen molar-refractivity contribution in [2.45, 2.75) is 6.10 Å². The number of ether oxygens (including phenoxy) is 2. The molecule has 3 aromatic rings. The van der Waals surface area contributed by atoms with Gasteiger partial charge < -0.3 is 19.2 Å². The van der Waals surface area contributed by atoms with Crippen molar-refractivity contribution in [1.82, 2.24) is 5.32 Å².